The minimum atomic E-state index is -3.74. The number of rotatable bonds is 6. The van der Waals surface area contributed by atoms with Crippen LogP contribution >= 0.6 is 0 Å². The van der Waals surface area contributed by atoms with E-state index in [-0.39, 0.29) is 10.8 Å². The largest absolute Gasteiger partial charge is 0.308 e. The van der Waals surface area contributed by atoms with Crippen LogP contribution in [0.4, 0.5) is 5.69 Å². The van der Waals surface area contributed by atoms with Gasteiger partial charge in [-0.3, -0.25) is 9.63 Å². The quantitative estimate of drug-likeness (QED) is 0.727. The molecule has 0 spiro atoms. The van der Waals surface area contributed by atoms with E-state index >= 15 is 0 Å². The zero-order chi connectivity index (χ0) is 19.5. The Balaban J connectivity index is 2.36. The molecule has 2 rings (SSSR count). The van der Waals surface area contributed by atoms with Gasteiger partial charge in [-0.05, 0) is 62.2 Å². The molecular weight excluding hydrogens is 352 g/mol. The molecule has 0 aliphatic heterocycles. The first-order valence-corrected chi connectivity index (χ1v) is 9.68. The molecule has 0 aliphatic rings. The average Bonchev–Trinajstić information content (AvgIpc) is 2.64. The van der Waals surface area contributed by atoms with Gasteiger partial charge in [-0.1, -0.05) is 16.6 Å². The van der Waals surface area contributed by atoms with E-state index in [4.69, 9.17) is 4.84 Å². The van der Waals surface area contributed by atoms with Crippen molar-refractivity contribution in [2.24, 2.45) is 0 Å². The third kappa shape index (κ3) is 3.95. The summed E-state index contributed by atoms with van der Waals surface area (Å²) < 4.78 is 25.3. The number of hydroxylamine groups is 1. The zero-order valence-corrected chi connectivity index (χ0v) is 16.5. The van der Waals surface area contributed by atoms with Crippen LogP contribution in [0.1, 0.15) is 28.4 Å². The van der Waals surface area contributed by atoms with E-state index < -0.39 is 10.0 Å². The summed E-state index contributed by atoms with van der Waals surface area (Å²) in [6, 6.07) is 11.8. The summed E-state index contributed by atoms with van der Waals surface area (Å²) in [7, 11) is -1.15. The molecule has 1 amide bonds. The summed E-state index contributed by atoms with van der Waals surface area (Å²) in [4.78, 5) is 19.4. The van der Waals surface area contributed by atoms with Crippen LogP contribution in [0.15, 0.2) is 47.4 Å². The SMILES string of the molecule is CCN(C(=O)c1ccc(S(=O)(=O)N(C)OC)cc1)c1cc(C)ccc1C. The number of anilines is 1. The van der Waals surface area contributed by atoms with Crippen molar-refractivity contribution in [2.75, 3.05) is 25.6 Å². The van der Waals surface area contributed by atoms with Crippen molar-refractivity contribution in [3.63, 3.8) is 0 Å². The van der Waals surface area contributed by atoms with E-state index in [1.54, 1.807) is 4.90 Å². The smallest absolute Gasteiger partial charge is 0.264 e. The number of carbonyl (C=O) groups is 1. The summed E-state index contributed by atoms with van der Waals surface area (Å²) in [5.41, 5.74) is 3.35. The zero-order valence-electron chi connectivity index (χ0n) is 15.7. The molecule has 0 atom stereocenters. The van der Waals surface area contributed by atoms with E-state index in [1.807, 2.05) is 39.0 Å². The lowest BCUT2D eigenvalue weighted by molar-refractivity contribution is -0.0258. The molecule has 0 N–H and O–H groups in total. The Kier molecular flexibility index (Phi) is 6.17. The van der Waals surface area contributed by atoms with Crippen molar-refractivity contribution >= 4 is 21.6 Å². The summed E-state index contributed by atoms with van der Waals surface area (Å²) in [5.74, 6) is -0.176. The van der Waals surface area contributed by atoms with Gasteiger partial charge in [0.1, 0.15) is 0 Å². The highest BCUT2D eigenvalue weighted by Crippen LogP contribution is 2.24. The van der Waals surface area contributed by atoms with Gasteiger partial charge in [-0.2, -0.15) is 0 Å². The number of amides is 1. The Hall–Kier alpha value is -2.22. The second-order valence-electron chi connectivity index (χ2n) is 5.96. The molecule has 7 heteroatoms. The Labute approximate surface area is 155 Å². The van der Waals surface area contributed by atoms with Crippen molar-refractivity contribution in [2.45, 2.75) is 25.7 Å². The first kappa shape index (κ1) is 20.1. The lowest BCUT2D eigenvalue weighted by Crippen LogP contribution is -2.31. The second-order valence-corrected chi connectivity index (χ2v) is 7.90. The minimum absolute atomic E-state index is 0.0631. The van der Waals surface area contributed by atoms with E-state index in [0.717, 1.165) is 21.3 Å². The van der Waals surface area contributed by atoms with E-state index in [0.29, 0.717) is 12.1 Å². The van der Waals surface area contributed by atoms with Crippen molar-refractivity contribution in [1.82, 2.24) is 4.47 Å². The first-order chi connectivity index (χ1) is 12.2. The monoisotopic (exact) mass is 376 g/mol. The highest BCUT2D eigenvalue weighted by molar-refractivity contribution is 7.89. The van der Waals surface area contributed by atoms with Crippen molar-refractivity contribution in [3.8, 4) is 0 Å². The molecule has 2 aromatic rings. The number of hydrogen-bond acceptors (Lipinski definition) is 4. The highest BCUT2D eigenvalue weighted by atomic mass is 32.2. The number of carbonyl (C=O) groups excluding carboxylic acids is 1. The molecular formula is C19H24N2O4S. The molecule has 0 saturated heterocycles. The summed E-state index contributed by atoms with van der Waals surface area (Å²) >= 11 is 0. The van der Waals surface area contributed by atoms with Crippen LogP contribution < -0.4 is 4.90 Å². The third-order valence-electron chi connectivity index (χ3n) is 4.21. The lowest BCUT2D eigenvalue weighted by Gasteiger charge is -2.24. The van der Waals surface area contributed by atoms with Crippen LogP contribution in [0.5, 0.6) is 0 Å². The van der Waals surface area contributed by atoms with E-state index in [1.165, 1.54) is 38.4 Å². The van der Waals surface area contributed by atoms with Crippen molar-refractivity contribution in [1.29, 1.82) is 0 Å². The molecule has 0 saturated carbocycles. The van der Waals surface area contributed by atoms with Gasteiger partial charge in [0.25, 0.3) is 15.9 Å². The summed E-state index contributed by atoms with van der Waals surface area (Å²) in [6.07, 6.45) is 0. The fourth-order valence-electron chi connectivity index (χ4n) is 2.61. The first-order valence-electron chi connectivity index (χ1n) is 8.24. The molecule has 140 valence electrons. The van der Waals surface area contributed by atoms with Crippen molar-refractivity contribution < 1.29 is 18.0 Å². The second kappa shape index (κ2) is 7.99. The topological polar surface area (TPSA) is 66.9 Å². The third-order valence-corrected chi connectivity index (χ3v) is 5.91. The number of nitrogens with zero attached hydrogens (tertiary/aromatic N) is 2. The van der Waals surface area contributed by atoms with Crippen LogP contribution in [0.25, 0.3) is 0 Å². The number of aryl methyl sites for hydroxylation is 2. The minimum Gasteiger partial charge on any atom is -0.308 e. The molecule has 0 fully saturated rings. The number of sulfonamides is 1. The number of hydrogen-bond donors (Lipinski definition) is 0. The predicted molar refractivity (Wildman–Crippen MR) is 102 cm³/mol. The molecule has 0 aromatic heterocycles. The predicted octanol–water partition coefficient (Wildman–Crippen LogP) is 3.15. The maximum atomic E-state index is 12.9. The van der Waals surface area contributed by atoms with Crippen molar-refractivity contribution in [3.05, 3.63) is 59.2 Å². The van der Waals surface area contributed by atoms with Crippen LogP contribution in [-0.4, -0.2) is 39.5 Å². The van der Waals surface area contributed by atoms with Gasteiger partial charge < -0.3 is 4.90 Å². The summed E-state index contributed by atoms with van der Waals surface area (Å²) in [5, 5.41) is 0. The Morgan fingerprint density at radius 3 is 2.23 bits per heavy atom. The lowest BCUT2D eigenvalue weighted by atomic mass is 10.1. The van der Waals surface area contributed by atoms with Gasteiger partial charge in [0.05, 0.1) is 12.0 Å². The van der Waals surface area contributed by atoms with Gasteiger partial charge in [0.15, 0.2) is 0 Å². The number of benzene rings is 2. The Bertz CT molecular complexity index is 892. The van der Waals surface area contributed by atoms with Gasteiger partial charge >= 0.3 is 0 Å². The molecule has 0 heterocycles. The molecule has 6 nitrogen and oxygen atoms in total. The standard InChI is InChI=1S/C19H24N2O4S/c1-6-21(18-13-14(2)7-8-15(18)3)19(22)16-9-11-17(12-10-16)26(23,24)20(4)25-5/h7-13H,6H2,1-5H3. The maximum Gasteiger partial charge on any atom is 0.264 e. The van der Waals surface area contributed by atoms with Gasteiger partial charge in [0.2, 0.25) is 0 Å². The fraction of sp³-hybridized carbons (Fsp3) is 0.316. The molecule has 0 bridgehead atoms. The molecule has 2 aromatic carbocycles. The van der Waals surface area contributed by atoms with Gasteiger partial charge in [-0.25, -0.2) is 8.42 Å². The normalized spacial score (nSPS) is 11.6. The van der Waals surface area contributed by atoms with Crippen LogP contribution in [0, 0.1) is 13.8 Å². The van der Waals surface area contributed by atoms with Gasteiger partial charge in [0, 0.05) is 24.8 Å². The highest BCUT2D eigenvalue weighted by Gasteiger charge is 2.22. The van der Waals surface area contributed by atoms with Gasteiger partial charge in [-0.15, -0.1) is 0 Å². The van der Waals surface area contributed by atoms with E-state index in [2.05, 4.69) is 0 Å². The van der Waals surface area contributed by atoms with Crippen LogP contribution in [-0.2, 0) is 14.9 Å². The molecule has 0 unspecified atom stereocenters. The maximum absolute atomic E-state index is 12.9. The van der Waals surface area contributed by atoms with Crippen LogP contribution in [0.2, 0.25) is 0 Å². The molecule has 0 radical (unpaired) electrons. The fourth-order valence-corrected chi connectivity index (χ4v) is 3.58. The Morgan fingerprint density at radius 2 is 1.69 bits per heavy atom. The Morgan fingerprint density at radius 1 is 1.08 bits per heavy atom. The summed E-state index contributed by atoms with van der Waals surface area (Å²) in [6.45, 7) is 6.36. The van der Waals surface area contributed by atoms with E-state index in [9.17, 15) is 13.2 Å². The average molecular weight is 376 g/mol. The van der Waals surface area contributed by atoms with Crippen LogP contribution in [0.3, 0.4) is 0 Å². The molecule has 0 aliphatic carbocycles. The molecule has 26 heavy (non-hydrogen) atoms.